The molecule has 5 rings (SSSR count). The van der Waals surface area contributed by atoms with Crippen LogP contribution < -0.4 is 5.56 Å². The molecule has 4 atom stereocenters. The summed E-state index contributed by atoms with van der Waals surface area (Å²) in [5.74, 6) is -0.777. The molecule has 3 heterocycles. The van der Waals surface area contributed by atoms with Crippen molar-refractivity contribution in [2.45, 2.75) is 50.9 Å². The van der Waals surface area contributed by atoms with Crippen LogP contribution in [0.4, 0.5) is 13.2 Å². The smallest absolute Gasteiger partial charge is 0.266 e. The molecule has 0 amide bonds. The van der Waals surface area contributed by atoms with Gasteiger partial charge in [0.05, 0.1) is 22.8 Å². The maximum Gasteiger partial charge on any atom is 0.266 e. The largest absolute Gasteiger partial charge is 0.295 e. The number of sulfone groups is 1. The minimum Gasteiger partial charge on any atom is -0.295 e. The van der Waals surface area contributed by atoms with Crippen LogP contribution in [-0.2, 0) is 23.3 Å². The fraction of sp³-hybridized carbons (Fsp3) is 0.500. The van der Waals surface area contributed by atoms with E-state index in [1.165, 1.54) is 23.0 Å². The highest BCUT2D eigenvalue weighted by atomic mass is 32.2. The molecular formula is C26H28F3N3O3S. The third-order valence-electron chi connectivity index (χ3n) is 7.95. The summed E-state index contributed by atoms with van der Waals surface area (Å²) in [6.45, 7) is 1.76. The van der Waals surface area contributed by atoms with Crippen molar-refractivity contribution in [1.82, 2.24) is 14.5 Å². The van der Waals surface area contributed by atoms with Crippen molar-refractivity contribution < 1.29 is 21.6 Å². The van der Waals surface area contributed by atoms with Gasteiger partial charge in [-0.2, -0.15) is 0 Å². The quantitative estimate of drug-likeness (QED) is 0.489. The van der Waals surface area contributed by atoms with Gasteiger partial charge in [-0.05, 0) is 61.0 Å². The van der Waals surface area contributed by atoms with E-state index >= 15 is 0 Å². The Balaban J connectivity index is 1.51. The molecule has 0 N–H and O–H groups in total. The van der Waals surface area contributed by atoms with E-state index in [4.69, 9.17) is 0 Å². The molecule has 36 heavy (non-hydrogen) atoms. The molecule has 1 aliphatic carbocycles. The summed E-state index contributed by atoms with van der Waals surface area (Å²) in [7, 11) is -1.38. The molecule has 1 saturated carbocycles. The average Bonchev–Trinajstić information content (AvgIpc) is 3.14. The van der Waals surface area contributed by atoms with Crippen LogP contribution in [0.1, 0.15) is 66.8 Å². The number of nitrogens with zero attached hydrogens (tertiary/aromatic N) is 3. The molecule has 10 heteroatoms. The number of rotatable bonds is 5. The summed E-state index contributed by atoms with van der Waals surface area (Å²) in [5, 5.41) is 0.660. The first-order valence-electron chi connectivity index (χ1n) is 12.2. The molecule has 0 spiro atoms. The van der Waals surface area contributed by atoms with Crippen LogP contribution in [0.2, 0.25) is 0 Å². The zero-order chi connectivity index (χ0) is 25.8. The molecule has 2 aromatic heterocycles. The molecule has 0 unspecified atom stereocenters. The first kappa shape index (κ1) is 24.9. The zero-order valence-corrected chi connectivity index (χ0v) is 20.9. The first-order chi connectivity index (χ1) is 17.1. The third-order valence-corrected chi connectivity index (χ3v) is 9.83. The van der Waals surface area contributed by atoms with Gasteiger partial charge in [-0.3, -0.25) is 9.36 Å². The van der Waals surface area contributed by atoms with E-state index in [1.807, 2.05) is 0 Å². The first-order valence-corrected chi connectivity index (χ1v) is 14.0. The molecule has 2 fully saturated rings. The molecule has 1 aromatic carbocycles. The lowest BCUT2D eigenvalue weighted by Crippen LogP contribution is -2.29. The minimum absolute atomic E-state index is 0.0609. The molecule has 0 bridgehead atoms. The molecule has 0 radical (unpaired) electrons. The van der Waals surface area contributed by atoms with E-state index in [2.05, 4.69) is 9.97 Å². The number of pyridine rings is 1. The SMILES string of the molecule is C[C@@H](Cc1ncnc2c1cc([C@@H]1CC[C@@H]3CS(=O)(=O)C[C@@H]3C1)c(=O)n2C)c1cccc(C(F)F)c1F. The van der Waals surface area contributed by atoms with Gasteiger partial charge < -0.3 is 0 Å². The molecular weight excluding hydrogens is 491 g/mol. The lowest BCUT2D eigenvalue weighted by molar-refractivity contribution is 0.146. The van der Waals surface area contributed by atoms with Crippen molar-refractivity contribution in [2.24, 2.45) is 18.9 Å². The normalized spacial score (nSPS) is 24.2. The highest BCUT2D eigenvalue weighted by Gasteiger charge is 2.42. The van der Waals surface area contributed by atoms with Crippen molar-refractivity contribution in [3.05, 3.63) is 69.1 Å². The maximum atomic E-state index is 14.8. The molecule has 3 aromatic rings. The predicted molar refractivity (Wildman–Crippen MR) is 130 cm³/mol. The van der Waals surface area contributed by atoms with Crippen LogP contribution in [0.25, 0.3) is 11.0 Å². The topological polar surface area (TPSA) is 81.9 Å². The van der Waals surface area contributed by atoms with E-state index in [0.717, 1.165) is 18.9 Å². The van der Waals surface area contributed by atoms with Crippen molar-refractivity contribution in [2.75, 3.05) is 11.5 Å². The second kappa shape index (κ2) is 9.28. The number of hydrogen-bond donors (Lipinski definition) is 0. The highest BCUT2D eigenvalue weighted by Crippen LogP contribution is 2.44. The van der Waals surface area contributed by atoms with E-state index in [0.29, 0.717) is 28.7 Å². The Morgan fingerprint density at radius 3 is 2.58 bits per heavy atom. The molecule has 1 saturated heterocycles. The van der Waals surface area contributed by atoms with Crippen molar-refractivity contribution in [3.8, 4) is 0 Å². The average molecular weight is 520 g/mol. The van der Waals surface area contributed by atoms with Crippen molar-refractivity contribution in [1.29, 1.82) is 0 Å². The van der Waals surface area contributed by atoms with Gasteiger partial charge in [-0.15, -0.1) is 0 Å². The molecule has 192 valence electrons. The Morgan fingerprint density at radius 2 is 1.83 bits per heavy atom. The van der Waals surface area contributed by atoms with Crippen LogP contribution in [0.3, 0.4) is 0 Å². The summed E-state index contributed by atoms with van der Waals surface area (Å²) in [4.78, 5) is 22.0. The monoisotopic (exact) mass is 519 g/mol. The van der Waals surface area contributed by atoms with Gasteiger partial charge in [0.1, 0.15) is 17.8 Å². The summed E-state index contributed by atoms with van der Waals surface area (Å²) in [6, 6.07) is 5.82. The minimum atomic E-state index is -3.03. The Kier molecular flexibility index (Phi) is 6.43. The van der Waals surface area contributed by atoms with E-state index in [1.54, 1.807) is 20.0 Å². The number of halogens is 3. The highest BCUT2D eigenvalue weighted by molar-refractivity contribution is 7.91. The Morgan fingerprint density at radius 1 is 1.11 bits per heavy atom. The number of aromatic nitrogens is 3. The lowest BCUT2D eigenvalue weighted by atomic mass is 9.73. The van der Waals surface area contributed by atoms with E-state index in [9.17, 15) is 26.4 Å². The van der Waals surface area contributed by atoms with E-state index in [-0.39, 0.29) is 46.8 Å². The maximum absolute atomic E-state index is 14.8. The van der Waals surface area contributed by atoms with Crippen LogP contribution >= 0.6 is 0 Å². The standard InChI is InChI=1S/C26H28F3N3O3S/c1-14(18-4-3-5-19(23(18)27)24(28)29)8-22-21-10-20(26(33)32(2)25(21)31-13-30-22)15-6-7-16-11-36(34,35)12-17(16)9-15/h3-5,10,13-17,24H,6-9,11-12H2,1-2H3/t14-,15+,16+,17-/m0/s1. The van der Waals surface area contributed by atoms with Gasteiger partial charge in [-0.1, -0.05) is 25.1 Å². The molecule has 2 aliphatic rings. The molecule has 6 nitrogen and oxygen atoms in total. The van der Waals surface area contributed by atoms with Gasteiger partial charge in [-0.25, -0.2) is 31.6 Å². The predicted octanol–water partition coefficient (Wildman–Crippen LogP) is 4.68. The number of fused-ring (bicyclic) bond motifs is 2. The van der Waals surface area contributed by atoms with Gasteiger partial charge in [0, 0.05) is 18.0 Å². The molecule has 1 aliphatic heterocycles. The van der Waals surface area contributed by atoms with Crippen LogP contribution in [0, 0.1) is 17.7 Å². The third kappa shape index (κ3) is 4.44. The lowest BCUT2D eigenvalue weighted by Gasteiger charge is -2.31. The number of benzene rings is 1. The number of aryl methyl sites for hydroxylation is 1. The van der Waals surface area contributed by atoms with Crippen LogP contribution in [0.15, 0.2) is 35.4 Å². The van der Waals surface area contributed by atoms with Gasteiger partial charge >= 0.3 is 0 Å². The summed E-state index contributed by atoms with van der Waals surface area (Å²) in [6.07, 6.45) is 0.875. The fourth-order valence-electron chi connectivity index (χ4n) is 6.07. The Bertz CT molecular complexity index is 1490. The van der Waals surface area contributed by atoms with Gasteiger partial charge in [0.25, 0.3) is 12.0 Å². The van der Waals surface area contributed by atoms with Crippen molar-refractivity contribution >= 4 is 20.9 Å². The van der Waals surface area contributed by atoms with Crippen LogP contribution in [-0.4, -0.2) is 34.5 Å². The van der Waals surface area contributed by atoms with E-state index < -0.39 is 33.6 Å². The Labute approximate surface area is 207 Å². The summed E-state index contributed by atoms with van der Waals surface area (Å²) < 4.78 is 66.9. The second-order valence-corrected chi connectivity index (χ2v) is 12.4. The number of alkyl halides is 2. The number of hydrogen-bond acceptors (Lipinski definition) is 5. The second-order valence-electron chi connectivity index (χ2n) is 10.3. The van der Waals surface area contributed by atoms with Crippen molar-refractivity contribution in [3.63, 3.8) is 0 Å². The Hall–Kier alpha value is -2.75. The fourth-order valence-corrected chi connectivity index (χ4v) is 8.36. The zero-order valence-electron chi connectivity index (χ0n) is 20.1. The van der Waals surface area contributed by atoms with Crippen LogP contribution in [0.5, 0.6) is 0 Å². The summed E-state index contributed by atoms with van der Waals surface area (Å²) >= 11 is 0. The van der Waals surface area contributed by atoms with Gasteiger partial charge in [0.15, 0.2) is 9.84 Å². The van der Waals surface area contributed by atoms with Gasteiger partial charge in [0.2, 0.25) is 0 Å². The summed E-state index contributed by atoms with van der Waals surface area (Å²) in [5.41, 5.74) is 1.05.